The standard InChI is InChI=1S/C28H20N4OS/c29-16-9-17-32-19-22(26(31-32)20-10-3-1-4-11-20)18-23(27(33)21-12-5-2-6-13-21)28-30-24-14-7-8-15-25(24)34-28/h1-8,10-15,18-19H,9,17H2/b23-18-. The molecule has 5 nitrogen and oxygen atoms in total. The Bertz CT molecular complexity index is 1490. The molecule has 0 aliphatic carbocycles. The molecule has 0 saturated heterocycles. The number of Topliss-reactive ketones (excluding diaryl/α,β-unsaturated/α-hetero) is 1. The molecule has 5 aromatic rings. The van der Waals surface area contributed by atoms with Gasteiger partial charge in [-0.1, -0.05) is 72.8 Å². The van der Waals surface area contributed by atoms with E-state index in [1.165, 1.54) is 11.3 Å². The number of nitrogens with zero attached hydrogens (tertiary/aromatic N) is 4. The first-order valence-corrected chi connectivity index (χ1v) is 11.7. The molecular formula is C28H20N4OS. The topological polar surface area (TPSA) is 71.6 Å². The van der Waals surface area contributed by atoms with Gasteiger partial charge < -0.3 is 0 Å². The summed E-state index contributed by atoms with van der Waals surface area (Å²) in [6.07, 6.45) is 4.13. The molecule has 0 atom stereocenters. The molecular weight excluding hydrogens is 440 g/mol. The lowest BCUT2D eigenvalue weighted by Crippen LogP contribution is -2.02. The minimum Gasteiger partial charge on any atom is -0.288 e. The fourth-order valence-electron chi connectivity index (χ4n) is 3.75. The number of carbonyl (C=O) groups is 1. The monoisotopic (exact) mass is 460 g/mol. The summed E-state index contributed by atoms with van der Waals surface area (Å²) in [5.41, 5.74) is 4.50. The Morgan fingerprint density at radius 3 is 2.41 bits per heavy atom. The number of ketones is 1. The molecule has 0 bridgehead atoms. The van der Waals surface area contributed by atoms with Crippen molar-refractivity contribution in [2.45, 2.75) is 13.0 Å². The summed E-state index contributed by atoms with van der Waals surface area (Å²) in [4.78, 5) is 18.5. The second-order valence-corrected chi connectivity index (χ2v) is 8.74. The number of hydrogen-bond donors (Lipinski definition) is 0. The quantitative estimate of drug-likeness (QED) is 0.205. The van der Waals surface area contributed by atoms with Crippen LogP contribution < -0.4 is 0 Å². The van der Waals surface area contributed by atoms with E-state index >= 15 is 0 Å². The number of thiazole rings is 1. The second kappa shape index (κ2) is 9.65. The number of nitriles is 1. The molecule has 5 rings (SSSR count). The second-order valence-electron chi connectivity index (χ2n) is 7.71. The van der Waals surface area contributed by atoms with Gasteiger partial charge in [0.15, 0.2) is 5.78 Å². The smallest absolute Gasteiger partial charge is 0.196 e. The number of carbonyl (C=O) groups excluding carboxylic acids is 1. The lowest BCUT2D eigenvalue weighted by atomic mass is 10.00. The third-order valence-corrected chi connectivity index (χ3v) is 6.46. The highest BCUT2D eigenvalue weighted by molar-refractivity contribution is 7.20. The Hall–Kier alpha value is -4.34. The molecule has 164 valence electrons. The highest BCUT2D eigenvalue weighted by atomic mass is 32.1. The first-order valence-electron chi connectivity index (χ1n) is 10.9. The van der Waals surface area contributed by atoms with Crippen molar-refractivity contribution in [1.29, 1.82) is 5.26 Å². The zero-order valence-corrected chi connectivity index (χ0v) is 19.1. The summed E-state index contributed by atoms with van der Waals surface area (Å²) < 4.78 is 2.79. The van der Waals surface area contributed by atoms with E-state index in [0.717, 1.165) is 27.0 Å². The minimum atomic E-state index is -0.0940. The lowest BCUT2D eigenvalue weighted by Gasteiger charge is -2.05. The summed E-state index contributed by atoms with van der Waals surface area (Å²) in [6, 6.07) is 29.2. The van der Waals surface area contributed by atoms with E-state index in [-0.39, 0.29) is 5.78 Å². The fourth-order valence-corrected chi connectivity index (χ4v) is 4.73. The van der Waals surface area contributed by atoms with Crippen LogP contribution in [0, 0.1) is 11.3 Å². The van der Waals surface area contributed by atoms with Gasteiger partial charge in [-0.25, -0.2) is 4.98 Å². The number of hydrogen-bond acceptors (Lipinski definition) is 5. The maximum Gasteiger partial charge on any atom is 0.196 e. The lowest BCUT2D eigenvalue weighted by molar-refractivity contribution is 0.105. The predicted molar refractivity (Wildman–Crippen MR) is 136 cm³/mol. The molecule has 0 saturated carbocycles. The number of aryl methyl sites for hydroxylation is 1. The van der Waals surface area contributed by atoms with Gasteiger partial charge in [0.05, 0.1) is 40.5 Å². The van der Waals surface area contributed by atoms with Crippen LogP contribution >= 0.6 is 11.3 Å². The molecule has 0 amide bonds. The van der Waals surface area contributed by atoms with Crippen LogP contribution in [0.1, 0.15) is 27.3 Å². The molecule has 2 heterocycles. The van der Waals surface area contributed by atoms with Gasteiger partial charge in [0.1, 0.15) is 5.01 Å². The van der Waals surface area contributed by atoms with E-state index in [9.17, 15) is 4.79 Å². The molecule has 0 radical (unpaired) electrons. The van der Waals surface area contributed by atoms with E-state index in [4.69, 9.17) is 15.3 Å². The van der Waals surface area contributed by atoms with Crippen LogP contribution in [-0.4, -0.2) is 20.5 Å². The third-order valence-electron chi connectivity index (χ3n) is 5.39. The molecule has 3 aromatic carbocycles. The van der Waals surface area contributed by atoms with Crippen LogP contribution in [-0.2, 0) is 6.54 Å². The molecule has 0 aliphatic rings. The maximum absolute atomic E-state index is 13.7. The van der Waals surface area contributed by atoms with Crippen molar-refractivity contribution >= 4 is 39.0 Å². The number of benzene rings is 3. The third kappa shape index (κ3) is 4.42. The zero-order valence-electron chi connectivity index (χ0n) is 18.3. The van der Waals surface area contributed by atoms with Gasteiger partial charge in [-0.3, -0.25) is 9.48 Å². The van der Waals surface area contributed by atoms with E-state index in [1.54, 1.807) is 4.68 Å². The van der Waals surface area contributed by atoms with Crippen molar-refractivity contribution in [3.63, 3.8) is 0 Å². The van der Waals surface area contributed by atoms with Crippen LogP contribution in [0.4, 0.5) is 0 Å². The molecule has 0 N–H and O–H groups in total. The van der Waals surface area contributed by atoms with Crippen molar-refractivity contribution in [2.75, 3.05) is 0 Å². The zero-order chi connectivity index (χ0) is 23.3. The summed E-state index contributed by atoms with van der Waals surface area (Å²) in [7, 11) is 0. The largest absolute Gasteiger partial charge is 0.288 e. The Morgan fingerprint density at radius 2 is 1.68 bits per heavy atom. The highest BCUT2D eigenvalue weighted by Gasteiger charge is 2.20. The van der Waals surface area contributed by atoms with Gasteiger partial charge in [0.2, 0.25) is 0 Å². The van der Waals surface area contributed by atoms with Crippen molar-refractivity contribution in [3.05, 3.63) is 107 Å². The van der Waals surface area contributed by atoms with Crippen LogP contribution in [0.15, 0.2) is 91.1 Å². The van der Waals surface area contributed by atoms with Crippen LogP contribution in [0.25, 0.3) is 33.1 Å². The van der Waals surface area contributed by atoms with Crippen molar-refractivity contribution in [1.82, 2.24) is 14.8 Å². The van der Waals surface area contributed by atoms with E-state index in [2.05, 4.69) is 6.07 Å². The van der Waals surface area contributed by atoms with Gasteiger partial charge in [-0.05, 0) is 18.2 Å². The van der Waals surface area contributed by atoms with Crippen molar-refractivity contribution in [3.8, 4) is 17.3 Å². The van der Waals surface area contributed by atoms with Crippen LogP contribution in [0.2, 0.25) is 0 Å². The van der Waals surface area contributed by atoms with Gasteiger partial charge >= 0.3 is 0 Å². The normalized spacial score (nSPS) is 11.4. The van der Waals surface area contributed by atoms with E-state index in [1.807, 2.05) is 97.2 Å². The van der Waals surface area contributed by atoms with Gasteiger partial charge in [0.25, 0.3) is 0 Å². The van der Waals surface area contributed by atoms with Gasteiger partial charge in [-0.2, -0.15) is 10.4 Å². The Balaban J connectivity index is 1.69. The average Bonchev–Trinajstić information content (AvgIpc) is 3.50. The number of rotatable bonds is 7. The van der Waals surface area contributed by atoms with E-state index in [0.29, 0.717) is 29.1 Å². The van der Waals surface area contributed by atoms with Crippen molar-refractivity contribution < 1.29 is 4.79 Å². The SMILES string of the molecule is N#CCCn1cc(/C=C(/C(=O)c2ccccc2)c2nc3ccccc3s2)c(-c2ccccc2)n1. The first kappa shape index (κ1) is 21.5. The number of para-hydroxylation sites is 1. The van der Waals surface area contributed by atoms with E-state index < -0.39 is 0 Å². The molecule has 0 fully saturated rings. The van der Waals surface area contributed by atoms with Gasteiger partial charge in [0, 0.05) is 22.9 Å². The minimum absolute atomic E-state index is 0.0940. The Labute approximate surface area is 201 Å². The molecule has 0 unspecified atom stereocenters. The summed E-state index contributed by atoms with van der Waals surface area (Å²) in [5.74, 6) is -0.0940. The Morgan fingerprint density at radius 1 is 0.971 bits per heavy atom. The summed E-state index contributed by atoms with van der Waals surface area (Å²) >= 11 is 1.50. The van der Waals surface area contributed by atoms with Crippen LogP contribution in [0.3, 0.4) is 0 Å². The molecule has 0 aliphatic heterocycles. The number of aromatic nitrogens is 3. The first-order chi connectivity index (χ1) is 16.7. The highest BCUT2D eigenvalue weighted by Crippen LogP contribution is 2.33. The Kier molecular flexibility index (Phi) is 6.11. The molecule has 34 heavy (non-hydrogen) atoms. The summed E-state index contributed by atoms with van der Waals surface area (Å²) in [5, 5.41) is 14.4. The molecule has 0 spiro atoms. The number of allylic oxidation sites excluding steroid dienone is 1. The molecule has 6 heteroatoms. The van der Waals surface area contributed by atoms with Crippen molar-refractivity contribution in [2.24, 2.45) is 0 Å². The van der Waals surface area contributed by atoms with Crippen LogP contribution in [0.5, 0.6) is 0 Å². The fraction of sp³-hybridized carbons (Fsp3) is 0.0714. The predicted octanol–water partition coefficient (Wildman–Crippen LogP) is 6.50. The maximum atomic E-state index is 13.7. The molecule has 2 aromatic heterocycles. The summed E-state index contributed by atoms with van der Waals surface area (Å²) in [6.45, 7) is 0.479. The average molecular weight is 461 g/mol. The van der Waals surface area contributed by atoms with Gasteiger partial charge in [-0.15, -0.1) is 11.3 Å². The number of fused-ring (bicyclic) bond motifs is 1.